The van der Waals surface area contributed by atoms with Gasteiger partial charge in [0, 0.05) is 0 Å². The standard InChI is InChI=1S/C23H20N6OS2/c1-13-5-7-18(15(3)8-13)29-21-16(10-26-29)22(25-12-24-21)31-11-20(30)28-23-27-17-6-4-14(2)9-19(17)32-23/h4-10,12H,11H2,1-3H3,(H,27,28,30). The number of amides is 1. The minimum Gasteiger partial charge on any atom is -0.301 e. The van der Waals surface area contributed by atoms with Crippen molar-refractivity contribution in [1.29, 1.82) is 0 Å². The van der Waals surface area contributed by atoms with Gasteiger partial charge in [-0.05, 0) is 50.1 Å². The van der Waals surface area contributed by atoms with Crippen molar-refractivity contribution >= 4 is 55.4 Å². The molecule has 5 aromatic rings. The van der Waals surface area contributed by atoms with Gasteiger partial charge in [-0.2, -0.15) is 5.10 Å². The second-order valence-electron chi connectivity index (χ2n) is 7.59. The number of nitrogens with one attached hydrogen (secondary N) is 1. The first-order valence-corrected chi connectivity index (χ1v) is 11.8. The fourth-order valence-corrected chi connectivity index (χ4v) is 5.27. The van der Waals surface area contributed by atoms with E-state index in [4.69, 9.17) is 0 Å². The lowest BCUT2D eigenvalue weighted by molar-refractivity contribution is -0.113. The topological polar surface area (TPSA) is 85.6 Å². The predicted octanol–water partition coefficient (Wildman–Crippen LogP) is 5.08. The van der Waals surface area contributed by atoms with Gasteiger partial charge in [0.25, 0.3) is 0 Å². The van der Waals surface area contributed by atoms with Gasteiger partial charge in [0.1, 0.15) is 11.4 Å². The van der Waals surface area contributed by atoms with Crippen molar-refractivity contribution in [2.24, 2.45) is 0 Å². The van der Waals surface area contributed by atoms with Gasteiger partial charge in [0.2, 0.25) is 5.91 Å². The maximum absolute atomic E-state index is 12.5. The van der Waals surface area contributed by atoms with Crippen LogP contribution in [-0.4, -0.2) is 36.4 Å². The van der Waals surface area contributed by atoms with E-state index in [0.29, 0.717) is 5.13 Å². The number of fused-ring (bicyclic) bond motifs is 2. The summed E-state index contributed by atoms with van der Waals surface area (Å²) in [5, 5.41) is 9.58. The third-order valence-corrected chi connectivity index (χ3v) is 6.98. The zero-order chi connectivity index (χ0) is 22.2. The fourth-order valence-electron chi connectivity index (χ4n) is 3.53. The molecule has 0 spiro atoms. The Labute approximate surface area is 192 Å². The number of aromatic nitrogens is 5. The van der Waals surface area contributed by atoms with Crippen LogP contribution in [0.2, 0.25) is 0 Å². The first-order chi connectivity index (χ1) is 15.5. The Bertz CT molecular complexity index is 1470. The van der Waals surface area contributed by atoms with Crippen LogP contribution in [0.4, 0.5) is 5.13 Å². The number of hydrogen-bond donors (Lipinski definition) is 1. The first-order valence-electron chi connectivity index (χ1n) is 10.0. The lowest BCUT2D eigenvalue weighted by atomic mass is 10.1. The molecule has 3 heterocycles. The number of carbonyl (C=O) groups is 1. The number of thiazole rings is 1. The van der Waals surface area contributed by atoms with Crippen molar-refractivity contribution in [3.8, 4) is 5.69 Å². The van der Waals surface area contributed by atoms with E-state index in [-0.39, 0.29) is 11.7 Å². The van der Waals surface area contributed by atoms with Crippen LogP contribution < -0.4 is 5.32 Å². The van der Waals surface area contributed by atoms with Crippen molar-refractivity contribution in [2.75, 3.05) is 11.1 Å². The normalized spacial score (nSPS) is 11.3. The van der Waals surface area contributed by atoms with Crippen molar-refractivity contribution in [3.05, 3.63) is 65.6 Å². The molecule has 5 rings (SSSR count). The summed E-state index contributed by atoms with van der Waals surface area (Å²) in [6.07, 6.45) is 3.27. The monoisotopic (exact) mass is 460 g/mol. The molecule has 9 heteroatoms. The van der Waals surface area contributed by atoms with Gasteiger partial charge in [-0.1, -0.05) is 46.9 Å². The van der Waals surface area contributed by atoms with E-state index >= 15 is 0 Å². The molecule has 0 atom stereocenters. The molecule has 0 bridgehead atoms. The maximum Gasteiger partial charge on any atom is 0.236 e. The van der Waals surface area contributed by atoms with Crippen LogP contribution in [0.1, 0.15) is 16.7 Å². The number of thioether (sulfide) groups is 1. The maximum atomic E-state index is 12.5. The van der Waals surface area contributed by atoms with Gasteiger partial charge in [0.05, 0.1) is 33.2 Å². The molecule has 0 saturated carbocycles. The van der Waals surface area contributed by atoms with Crippen molar-refractivity contribution in [3.63, 3.8) is 0 Å². The summed E-state index contributed by atoms with van der Waals surface area (Å²) in [6.45, 7) is 6.16. The highest BCUT2D eigenvalue weighted by Crippen LogP contribution is 2.29. The number of nitrogens with zero attached hydrogens (tertiary/aromatic N) is 5. The quantitative estimate of drug-likeness (QED) is 0.291. The highest BCUT2D eigenvalue weighted by atomic mass is 32.2. The molecule has 32 heavy (non-hydrogen) atoms. The van der Waals surface area contributed by atoms with Gasteiger partial charge in [-0.3, -0.25) is 4.79 Å². The first kappa shape index (κ1) is 20.6. The van der Waals surface area contributed by atoms with E-state index in [2.05, 4.69) is 57.4 Å². The number of rotatable bonds is 5. The molecule has 3 aromatic heterocycles. The molecule has 0 unspecified atom stereocenters. The molecule has 0 aliphatic carbocycles. The molecule has 7 nitrogen and oxygen atoms in total. The van der Waals surface area contributed by atoms with E-state index in [1.165, 1.54) is 40.6 Å². The molecule has 1 N–H and O–H groups in total. The minimum atomic E-state index is -0.126. The fraction of sp³-hybridized carbons (Fsp3) is 0.174. The zero-order valence-corrected chi connectivity index (χ0v) is 19.4. The van der Waals surface area contributed by atoms with Crippen LogP contribution in [0.15, 0.2) is 53.9 Å². The Morgan fingerprint density at radius 1 is 1.09 bits per heavy atom. The Morgan fingerprint density at radius 3 is 2.75 bits per heavy atom. The van der Waals surface area contributed by atoms with Crippen LogP contribution >= 0.6 is 23.1 Å². The Kier molecular flexibility index (Phi) is 5.36. The van der Waals surface area contributed by atoms with E-state index in [1.54, 1.807) is 6.20 Å². The zero-order valence-electron chi connectivity index (χ0n) is 17.8. The lowest BCUT2D eigenvalue weighted by Crippen LogP contribution is -2.13. The Morgan fingerprint density at radius 2 is 1.91 bits per heavy atom. The summed E-state index contributed by atoms with van der Waals surface area (Å²) < 4.78 is 2.88. The second-order valence-corrected chi connectivity index (χ2v) is 9.58. The summed E-state index contributed by atoms with van der Waals surface area (Å²) >= 11 is 2.84. The summed E-state index contributed by atoms with van der Waals surface area (Å²) in [5.74, 6) is 0.0924. The molecule has 0 fully saturated rings. The van der Waals surface area contributed by atoms with Crippen LogP contribution in [0.5, 0.6) is 0 Å². The number of carbonyl (C=O) groups excluding carboxylic acids is 1. The summed E-state index contributed by atoms with van der Waals surface area (Å²) in [4.78, 5) is 25.8. The average molecular weight is 461 g/mol. The van der Waals surface area contributed by atoms with Gasteiger partial charge in [0.15, 0.2) is 10.8 Å². The summed E-state index contributed by atoms with van der Waals surface area (Å²) in [6, 6.07) is 12.3. The minimum absolute atomic E-state index is 0.126. The van der Waals surface area contributed by atoms with Crippen molar-refractivity contribution in [2.45, 2.75) is 25.8 Å². The number of hydrogen-bond acceptors (Lipinski definition) is 7. The molecule has 2 aromatic carbocycles. The van der Waals surface area contributed by atoms with E-state index in [9.17, 15) is 4.79 Å². The summed E-state index contributed by atoms with van der Waals surface area (Å²) in [7, 11) is 0. The highest BCUT2D eigenvalue weighted by Gasteiger charge is 2.15. The van der Waals surface area contributed by atoms with Gasteiger partial charge < -0.3 is 5.32 Å². The highest BCUT2D eigenvalue weighted by molar-refractivity contribution is 8.00. The van der Waals surface area contributed by atoms with Gasteiger partial charge in [-0.25, -0.2) is 19.6 Å². The number of benzene rings is 2. The van der Waals surface area contributed by atoms with Gasteiger partial charge >= 0.3 is 0 Å². The average Bonchev–Trinajstić information content (AvgIpc) is 3.36. The Hall–Kier alpha value is -3.30. The molecule has 0 saturated heterocycles. The van der Waals surface area contributed by atoms with E-state index in [0.717, 1.165) is 37.5 Å². The van der Waals surface area contributed by atoms with Crippen LogP contribution in [-0.2, 0) is 4.79 Å². The van der Waals surface area contributed by atoms with Gasteiger partial charge in [-0.15, -0.1) is 0 Å². The molecule has 1 amide bonds. The third kappa shape index (κ3) is 3.96. The molecule has 0 radical (unpaired) electrons. The molecular weight excluding hydrogens is 440 g/mol. The second kappa shape index (κ2) is 8.33. The molecule has 160 valence electrons. The largest absolute Gasteiger partial charge is 0.301 e. The number of anilines is 1. The van der Waals surface area contributed by atoms with Crippen LogP contribution in [0.3, 0.4) is 0 Å². The SMILES string of the molecule is Cc1ccc(-n2ncc3c(SCC(=O)Nc4nc5ccc(C)cc5s4)ncnc32)c(C)c1. The number of aryl methyl sites for hydroxylation is 3. The smallest absolute Gasteiger partial charge is 0.236 e. The van der Waals surface area contributed by atoms with Crippen LogP contribution in [0, 0.1) is 20.8 Å². The van der Waals surface area contributed by atoms with Crippen LogP contribution in [0.25, 0.3) is 26.9 Å². The van der Waals surface area contributed by atoms with E-state index < -0.39 is 0 Å². The Balaban J connectivity index is 1.34. The lowest BCUT2D eigenvalue weighted by Gasteiger charge is -2.08. The van der Waals surface area contributed by atoms with E-state index in [1.807, 2.05) is 29.8 Å². The van der Waals surface area contributed by atoms with Crippen molar-refractivity contribution in [1.82, 2.24) is 24.7 Å². The predicted molar refractivity (Wildman–Crippen MR) is 130 cm³/mol. The van der Waals surface area contributed by atoms with Crippen molar-refractivity contribution < 1.29 is 4.79 Å². The third-order valence-electron chi connectivity index (χ3n) is 5.04. The molecule has 0 aliphatic rings. The molecule has 0 aliphatic heterocycles. The molecular formula is C23H20N6OS2. The summed E-state index contributed by atoms with van der Waals surface area (Å²) in [5.41, 5.74) is 6.07.